The van der Waals surface area contributed by atoms with Crippen LogP contribution in [0.15, 0.2) is 36.5 Å². The number of amides is 1. The molecule has 0 saturated carbocycles. The number of anilines is 1. The molecule has 2 atom stereocenters. The lowest BCUT2D eigenvalue weighted by Gasteiger charge is -2.26. The number of halogens is 1. The Bertz CT molecular complexity index is 819. The molecule has 1 amide bonds. The SMILES string of the molecule is CC[C@H](Oc1ccccc1F)C(=O)N1CC[C@@H](N(C)Cc2nccc(N)n2)C1. The average molecular weight is 387 g/mol. The maximum absolute atomic E-state index is 13.9. The summed E-state index contributed by atoms with van der Waals surface area (Å²) in [6.07, 6.45) is 2.27. The second kappa shape index (κ2) is 8.97. The topological polar surface area (TPSA) is 84.6 Å². The first-order valence-electron chi connectivity index (χ1n) is 9.45. The number of nitrogens with two attached hydrogens (primary N) is 1. The normalized spacial score (nSPS) is 17.7. The number of likely N-dealkylation sites (N-methyl/N-ethyl adjacent to an activating group) is 1. The van der Waals surface area contributed by atoms with Gasteiger partial charge in [-0.3, -0.25) is 9.69 Å². The van der Waals surface area contributed by atoms with E-state index in [1.165, 1.54) is 12.1 Å². The first-order valence-corrected chi connectivity index (χ1v) is 9.45. The van der Waals surface area contributed by atoms with Crippen molar-refractivity contribution >= 4 is 11.7 Å². The summed E-state index contributed by atoms with van der Waals surface area (Å²) in [7, 11) is 1.98. The van der Waals surface area contributed by atoms with Gasteiger partial charge in [0.2, 0.25) is 0 Å². The Morgan fingerprint density at radius 1 is 1.43 bits per heavy atom. The molecule has 2 aromatic rings. The molecular formula is C20H26FN5O2. The summed E-state index contributed by atoms with van der Waals surface area (Å²) >= 11 is 0. The molecule has 1 fully saturated rings. The molecule has 1 aromatic carbocycles. The molecule has 1 aliphatic heterocycles. The van der Waals surface area contributed by atoms with Crippen LogP contribution in [0.4, 0.5) is 10.2 Å². The number of hydrogen-bond acceptors (Lipinski definition) is 6. The highest BCUT2D eigenvalue weighted by Gasteiger charge is 2.33. The minimum absolute atomic E-state index is 0.106. The number of ether oxygens (including phenoxy) is 1. The predicted octanol–water partition coefficient (Wildman–Crippen LogP) is 2.09. The van der Waals surface area contributed by atoms with Crippen LogP contribution in [0.3, 0.4) is 0 Å². The molecule has 1 aliphatic rings. The van der Waals surface area contributed by atoms with Gasteiger partial charge in [0.05, 0.1) is 6.54 Å². The third-order valence-electron chi connectivity index (χ3n) is 4.97. The van der Waals surface area contributed by atoms with E-state index in [0.29, 0.717) is 37.7 Å². The number of carbonyl (C=O) groups excluding carboxylic acids is 1. The standard InChI is InChI=1S/C20H26FN5O2/c1-3-16(28-17-7-5-4-6-15(17)21)20(27)26-11-9-14(12-26)25(2)13-19-23-10-8-18(22)24-19/h4-8,10,14,16H,3,9,11-13H2,1-2H3,(H2,22,23,24)/t14-,16+/m1/s1. The van der Waals surface area contributed by atoms with Crippen LogP contribution in [-0.2, 0) is 11.3 Å². The van der Waals surface area contributed by atoms with Gasteiger partial charge in [-0.1, -0.05) is 19.1 Å². The molecule has 28 heavy (non-hydrogen) atoms. The van der Waals surface area contributed by atoms with Gasteiger partial charge in [-0.05, 0) is 38.1 Å². The van der Waals surface area contributed by atoms with Crippen molar-refractivity contribution in [3.05, 3.63) is 48.2 Å². The van der Waals surface area contributed by atoms with Gasteiger partial charge >= 0.3 is 0 Å². The molecule has 1 saturated heterocycles. The fourth-order valence-electron chi connectivity index (χ4n) is 3.35. The monoisotopic (exact) mass is 387 g/mol. The Labute approximate surface area is 164 Å². The van der Waals surface area contributed by atoms with Crippen molar-refractivity contribution in [2.45, 2.75) is 38.5 Å². The van der Waals surface area contributed by atoms with E-state index in [-0.39, 0.29) is 17.7 Å². The molecule has 0 bridgehead atoms. The molecular weight excluding hydrogens is 361 g/mol. The summed E-state index contributed by atoms with van der Waals surface area (Å²) in [4.78, 5) is 25.3. The lowest BCUT2D eigenvalue weighted by atomic mass is 10.2. The second-order valence-electron chi connectivity index (χ2n) is 6.98. The Kier molecular flexibility index (Phi) is 6.41. The van der Waals surface area contributed by atoms with Gasteiger partial charge in [-0.2, -0.15) is 0 Å². The van der Waals surface area contributed by atoms with E-state index in [2.05, 4.69) is 14.9 Å². The fraction of sp³-hybridized carbons (Fsp3) is 0.450. The maximum Gasteiger partial charge on any atom is 0.263 e. The van der Waals surface area contributed by atoms with E-state index in [4.69, 9.17) is 10.5 Å². The van der Waals surface area contributed by atoms with Crippen LogP contribution in [-0.4, -0.2) is 58.0 Å². The van der Waals surface area contributed by atoms with Crippen LogP contribution in [0.2, 0.25) is 0 Å². The highest BCUT2D eigenvalue weighted by molar-refractivity contribution is 5.81. The van der Waals surface area contributed by atoms with Crippen molar-refractivity contribution in [2.24, 2.45) is 0 Å². The van der Waals surface area contributed by atoms with Crippen molar-refractivity contribution in [1.82, 2.24) is 19.8 Å². The molecule has 1 aromatic heterocycles. The van der Waals surface area contributed by atoms with Gasteiger partial charge in [-0.15, -0.1) is 0 Å². The van der Waals surface area contributed by atoms with Crippen LogP contribution < -0.4 is 10.5 Å². The number of likely N-dealkylation sites (tertiary alicyclic amines) is 1. The van der Waals surface area contributed by atoms with Crippen LogP contribution in [0.5, 0.6) is 5.75 Å². The van der Waals surface area contributed by atoms with E-state index < -0.39 is 11.9 Å². The number of rotatable bonds is 7. The summed E-state index contributed by atoms with van der Waals surface area (Å²) in [5, 5.41) is 0. The smallest absolute Gasteiger partial charge is 0.263 e. The lowest BCUT2D eigenvalue weighted by molar-refractivity contribution is -0.138. The average Bonchev–Trinajstić information content (AvgIpc) is 3.17. The number of hydrogen-bond donors (Lipinski definition) is 1. The minimum Gasteiger partial charge on any atom is -0.478 e. The van der Waals surface area contributed by atoms with Crippen molar-refractivity contribution < 1.29 is 13.9 Å². The molecule has 7 nitrogen and oxygen atoms in total. The number of benzene rings is 1. The minimum atomic E-state index is -0.696. The second-order valence-corrected chi connectivity index (χ2v) is 6.98. The Morgan fingerprint density at radius 3 is 2.93 bits per heavy atom. The molecule has 0 radical (unpaired) electrons. The van der Waals surface area contributed by atoms with Crippen LogP contribution >= 0.6 is 0 Å². The van der Waals surface area contributed by atoms with Crippen LogP contribution in [0.25, 0.3) is 0 Å². The number of para-hydroxylation sites is 1. The third kappa shape index (κ3) is 4.75. The molecule has 2 N–H and O–H groups in total. The largest absolute Gasteiger partial charge is 0.478 e. The van der Waals surface area contributed by atoms with Crippen LogP contribution in [0.1, 0.15) is 25.6 Å². The molecule has 3 rings (SSSR count). The Morgan fingerprint density at radius 2 is 2.21 bits per heavy atom. The van der Waals surface area contributed by atoms with E-state index in [0.717, 1.165) is 6.42 Å². The van der Waals surface area contributed by atoms with E-state index in [1.54, 1.807) is 29.3 Å². The number of nitrogen functional groups attached to an aromatic ring is 1. The third-order valence-corrected chi connectivity index (χ3v) is 4.97. The van der Waals surface area contributed by atoms with E-state index >= 15 is 0 Å². The molecule has 0 spiro atoms. The zero-order valence-corrected chi connectivity index (χ0v) is 16.2. The zero-order valence-electron chi connectivity index (χ0n) is 16.2. The summed E-state index contributed by atoms with van der Waals surface area (Å²) in [5.74, 6) is 0.630. The highest BCUT2D eigenvalue weighted by Crippen LogP contribution is 2.22. The molecule has 0 unspecified atom stereocenters. The molecule has 0 aliphatic carbocycles. The van der Waals surface area contributed by atoms with Gasteiger partial charge in [0, 0.05) is 25.3 Å². The molecule has 2 heterocycles. The Balaban J connectivity index is 1.58. The van der Waals surface area contributed by atoms with E-state index in [9.17, 15) is 9.18 Å². The highest BCUT2D eigenvalue weighted by atomic mass is 19.1. The first kappa shape index (κ1) is 20.0. The van der Waals surface area contributed by atoms with Gasteiger partial charge in [0.15, 0.2) is 17.7 Å². The maximum atomic E-state index is 13.9. The summed E-state index contributed by atoms with van der Waals surface area (Å²) in [6.45, 7) is 3.65. The number of carbonyl (C=O) groups is 1. The lowest BCUT2D eigenvalue weighted by Crippen LogP contribution is -2.42. The van der Waals surface area contributed by atoms with Crippen molar-refractivity contribution in [2.75, 3.05) is 25.9 Å². The number of aromatic nitrogens is 2. The summed E-state index contributed by atoms with van der Waals surface area (Å²) < 4.78 is 19.5. The fourth-order valence-corrected chi connectivity index (χ4v) is 3.35. The van der Waals surface area contributed by atoms with Crippen LogP contribution in [0, 0.1) is 5.82 Å². The van der Waals surface area contributed by atoms with Crippen molar-refractivity contribution in [1.29, 1.82) is 0 Å². The summed E-state index contributed by atoms with van der Waals surface area (Å²) in [5.41, 5.74) is 5.71. The zero-order chi connectivity index (χ0) is 20.1. The van der Waals surface area contributed by atoms with Crippen molar-refractivity contribution in [3.63, 3.8) is 0 Å². The van der Waals surface area contributed by atoms with Gasteiger partial charge in [0.1, 0.15) is 11.6 Å². The van der Waals surface area contributed by atoms with Gasteiger partial charge in [-0.25, -0.2) is 14.4 Å². The molecule has 8 heteroatoms. The Hall–Kier alpha value is -2.74. The molecule has 150 valence electrons. The first-order chi connectivity index (χ1) is 13.5. The van der Waals surface area contributed by atoms with Crippen molar-refractivity contribution in [3.8, 4) is 5.75 Å². The van der Waals surface area contributed by atoms with E-state index in [1.807, 2.05) is 14.0 Å². The quantitative estimate of drug-likeness (QED) is 0.783. The summed E-state index contributed by atoms with van der Waals surface area (Å²) in [6, 6.07) is 7.99. The van der Waals surface area contributed by atoms with Gasteiger partial charge < -0.3 is 15.4 Å². The predicted molar refractivity (Wildman–Crippen MR) is 104 cm³/mol. The number of nitrogens with zero attached hydrogens (tertiary/aromatic N) is 4. The van der Waals surface area contributed by atoms with Gasteiger partial charge in [0.25, 0.3) is 5.91 Å².